The van der Waals surface area contributed by atoms with Gasteiger partial charge in [0.15, 0.2) is 0 Å². The van der Waals surface area contributed by atoms with E-state index >= 15 is 0 Å². The van der Waals surface area contributed by atoms with Gasteiger partial charge in [-0.1, -0.05) is 36.2 Å². The van der Waals surface area contributed by atoms with E-state index in [1.807, 2.05) is 30.3 Å². The Balaban J connectivity index is 1.30. The maximum atomic E-state index is 12.9. The number of hydrogen-bond acceptors (Lipinski definition) is 5. The van der Waals surface area contributed by atoms with Crippen LogP contribution in [-0.2, 0) is 20.2 Å². The second-order valence-corrected chi connectivity index (χ2v) is 10.6. The van der Waals surface area contributed by atoms with Crippen molar-refractivity contribution in [2.45, 2.75) is 24.7 Å². The number of carbonyl (C=O) groups is 1. The molecule has 1 amide bonds. The van der Waals surface area contributed by atoms with Crippen molar-refractivity contribution in [3.8, 4) is 0 Å². The first-order valence-electron chi connectivity index (χ1n) is 10.6. The minimum absolute atomic E-state index is 0.0982. The molecule has 1 aromatic carbocycles. The molecule has 1 saturated carbocycles. The van der Waals surface area contributed by atoms with Gasteiger partial charge in [-0.3, -0.25) is 4.79 Å². The van der Waals surface area contributed by atoms with Gasteiger partial charge in [0.1, 0.15) is 5.82 Å². The zero-order valence-corrected chi connectivity index (χ0v) is 18.9. The SMILES string of the molecule is O=C(NCCS(=O)(=O)N1CCN(c2ccccn2)CC1)C1(c2ccc(Cl)cc2)CCC1. The number of hydrogen-bond donors (Lipinski definition) is 1. The van der Waals surface area contributed by atoms with E-state index in [0.717, 1.165) is 30.6 Å². The van der Waals surface area contributed by atoms with Crippen LogP contribution in [0.25, 0.3) is 0 Å². The third kappa shape index (κ3) is 4.71. The molecule has 0 spiro atoms. The van der Waals surface area contributed by atoms with Crippen LogP contribution in [0.3, 0.4) is 0 Å². The van der Waals surface area contributed by atoms with Crippen LogP contribution in [0.1, 0.15) is 24.8 Å². The number of pyridine rings is 1. The highest BCUT2D eigenvalue weighted by atomic mass is 35.5. The molecule has 0 atom stereocenters. The molecule has 31 heavy (non-hydrogen) atoms. The van der Waals surface area contributed by atoms with Crippen LogP contribution >= 0.6 is 11.6 Å². The molecule has 2 aliphatic rings. The fraction of sp³-hybridized carbons (Fsp3) is 0.455. The smallest absolute Gasteiger partial charge is 0.230 e. The molecule has 7 nitrogen and oxygen atoms in total. The van der Waals surface area contributed by atoms with Gasteiger partial charge in [-0.25, -0.2) is 13.4 Å². The van der Waals surface area contributed by atoms with E-state index in [4.69, 9.17) is 11.6 Å². The molecule has 1 saturated heterocycles. The summed E-state index contributed by atoms with van der Waals surface area (Å²) in [4.78, 5) is 19.3. The Bertz CT molecular complexity index is 1000. The molecule has 0 bridgehead atoms. The normalized spacial score (nSPS) is 18.9. The van der Waals surface area contributed by atoms with Gasteiger partial charge in [0.2, 0.25) is 15.9 Å². The number of halogens is 1. The van der Waals surface area contributed by atoms with Crippen LogP contribution in [0.4, 0.5) is 5.82 Å². The molecular formula is C22H27ClN4O3S. The number of anilines is 1. The standard InChI is InChI=1S/C22H27ClN4O3S/c23-19-7-5-18(6-8-19)22(9-3-10-22)21(28)25-12-17-31(29,30)27-15-13-26(14-16-27)20-4-1-2-11-24-20/h1-2,4-8,11H,3,9-10,12-17H2,(H,25,28). The summed E-state index contributed by atoms with van der Waals surface area (Å²) in [6, 6.07) is 13.1. The van der Waals surface area contributed by atoms with Gasteiger partial charge < -0.3 is 10.2 Å². The summed E-state index contributed by atoms with van der Waals surface area (Å²) < 4.78 is 27.1. The summed E-state index contributed by atoms with van der Waals surface area (Å²) in [5.74, 6) is 0.662. The minimum Gasteiger partial charge on any atom is -0.354 e. The van der Waals surface area contributed by atoms with E-state index in [0.29, 0.717) is 31.2 Å². The summed E-state index contributed by atoms with van der Waals surface area (Å²) in [5, 5.41) is 3.50. The second-order valence-electron chi connectivity index (χ2n) is 8.09. The molecular weight excluding hydrogens is 436 g/mol. The van der Waals surface area contributed by atoms with E-state index in [-0.39, 0.29) is 18.2 Å². The molecule has 4 rings (SSSR count). The third-order valence-electron chi connectivity index (χ3n) is 6.29. The van der Waals surface area contributed by atoms with E-state index in [2.05, 4.69) is 15.2 Å². The van der Waals surface area contributed by atoms with Crippen LogP contribution in [0.2, 0.25) is 5.02 Å². The predicted octanol–water partition coefficient (Wildman–Crippen LogP) is 2.42. The molecule has 9 heteroatoms. The number of aromatic nitrogens is 1. The van der Waals surface area contributed by atoms with E-state index < -0.39 is 15.4 Å². The minimum atomic E-state index is -3.43. The van der Waals surface area contributed by atoms with E-state index in [9.17, 15) is 13.2 Å². The van der Waals surface area contributed by atoms with Crippen molar-refractivity contribution in [3.05, 3.63) is 59.2 Å². The summed E-state index contributed by atoms with van der Waals surface area (Å²) in [6.07, 6.45) is 4.25. The highest BCUT2D eigenvalue weighted by molar-refractivity contribution is 7.89. The number of amides is 1. The van der Waals surface area contributed by atoms with E-state index in [1.54, 1.807) is 18.3 Å². The molecule has 1 N–H and O–H groups in total. The zero-order valence-electron chi connectivity index (χ0n) is 17.3. The van der Waals surface area contributed by atoms with Gasteiger partial charge in [-0.2, -0.15) is 4.31 Å². The largest absolute Gasteiger partial charge is 0.354 e. The monoisotopic (exact) mass is 462 g/mol. The first-order valence-corrected chi connectivity index (χ1v) is 12.6. The molecule has 1 aliphatic heterocycles. The zero-order chi connectivity index (χ0) is 21.9. The van der Waals surface area contributed by atoms with Crippen molar-refractivity contribution in [2.24, 2.45) is 0 Å². The Kier molecular flexibility index (Phi) is 6.50. The van der Waals surface area contributed by atoms with E-state index in [1.165, 1.54) is 4.31 Å². The number of piperazine rings is 1. The van der Waals surface area contributed by atoms with Crippen LogP contribution in [0.5, 0.6) is 0 Å². The van der Waals surface area contributed by atoms with Crippen molar-refractivity contribution in [1.82, 2.24) is 14.6 Å². The molecule has 2 heterocycles. The Morgan fingerprint density at radius 2 is 1.77 bits per heavy atom. The van der Waals surface area contributed by atoms with Crippen LogP contribution in [0, 0.1) is 0 Å². The number of benzene rings is 1. The average molecular weight is 463 g/mol. The Hall–Kier alpha value is -2.16. The van der Waals surface area contributed by atoms with Crippen LogP contribution in [0.15, 0.2) is 48.7 Å². The molecule has 2 fully saturated rings. The average Bonchev–Trinajstić information content (AvgIpc) is 2.75. The van der Waals surface area contributed by atoms with Crippen molar-refractivity contribution < 1.29 is 13.2 Å². The fourth-order valence-corrected chi connectivity index (χ4v) is 5.74. The van der Waals surface area contributed by atoms with Gasteiger partial charge >= 0.3 is 0 Å². The number of rotatable bonds is 7. The van der Waals surface area contributed by atoms with Gasteiger partial charge in [0.05, 0.1) is 11.2 Å². The summed E-state index contributed by atoms with van der Waals surface area (Å²) in [7, 11) is -3.43. The molecule has 0 radical (unpaired) electrons. The number of nitrogens with one attached hydrogen (secondary N) is 1. The summed E-state index contributed by atoms with van der Waals surface area (Å²) in [5.41, 5.74) is 0.372. The Morgan fingerprint density at radius 1 is 1.06 bits per heavy atom. The highest BCUT2D eigenvalue weighted by Crippen LogP contribution is 2.44. The van der Waals surface area contributed by atoms with Gasteiger partial charge in [-0.05, 0) is 42.7 Å². The van der Waals surface area contributed by atoms with Crippen molar-refractivity contribution >= 4 is 33.3 Å². The van der Waals surface area contributed by atoms with Gasteiger partial charge in [0, 0.05) is 43.9 Å². The van der Waals surface area contributed by atoms with Crippen molar-refractivity contribution in [1.29, 1.82) is 0 Å². The lowest BCUT2D eigenvalue weighted by Crippen LogP contribution is -2.52. The molecule has 1 aliphatic carbocycles. The maximum absolute atomic E-state index is 12.9. The molecule has 166 valence electrons. The van der Waals surface area contributed by atoms with Gasteiger partial charge in [0.25, 0.3) is 0 Å². The van der Waals surface area contributed by atoms with Gasteiger partial charge in [-0.15, -0.1) is 0 Å². The molecule has 2 aromatic rings. The first-order chi connectivity index (χ1) is 14.9. The van der Waals surface area contributed by atoms with Crippen LogP contribution < -0.4 is 10.2 Å². The highest BCUT2D eigenvalue weighted by Gasteiger charge is 2.45. The lowest BCUT2D eigenvalue weighted by molar-refractivity contribution is -0.129. The number of nitrogens with zero attached hydrogens (tertiary/aromatic N) is 3. The number of sulfonamides is 1. The summed E-state index contributed by atoms with van der Waals surface area (Å²) in [6.45, 7) is 2.14. The second kappa shape index (κ2) is 9.14. The third-order valence-corrected chi connectivity index (χ3v) is 8.41. The Labute approximate surface area is 188 Å². The summed E-state index contributed by atoms with van der Waals surface area (Å²) >= 11 is 5.98. The molecule has 1 aromatic heterocycles. The van der Waals surface area contributed by atoms with Crippen molar-refractivity contribution in [3.63, 3.8) is 0 Å². The molecule has 0 unspecified atom stereocenters. The topological polar surface area (TPSA) is 82.6 Å². The quantitative estimate of drug-likeness (QED) is 0.683. The van der Waals surface area contributed by atoms with Crippen LogP contribution in [-0.4, -0.2) is 62.1 Å². The fourth-order valence-electron chi connectivity index (χ4n) is 4.27. The number of carbonyl (C=O) groups excluding carboxylic acids is 1. The predicted molar refractivity (Wildman–Crippen MR) is 122 cm³/mol. The first kappa shape index (κ1) is 22.0. The Morgan fingerprint density at radius 3 is 2.35 bits per heavy atom. The van der Waals surface area contributed by atoms with Crippen molar-refractivity contribution in [2.75, 3.05) is 43.4 Å². The maximum Gasteiger partial charge on any atom is 0.230 e. The lowest BCUT2D eigenvalue weighted by atomic mass is 9.64. The lowest BCUT2D eigenvalue weighted by Gasteiger charge is -2.41.